The average molecular weight is 531 g/mol. The number of hydrogen-bond donors (Lipinski definition) is 2. The Morgan fingerprint density at radius 1 is 0.474 bits per heavy atom. The minimum Gasteiger partial charge on any atom is -0.462 e. The quantitative estimate of drug-likeness (QED) is 0.270. The van der Waals surface area contributed by atoms with Crippen LogP contribution in [0.25, 0.3) is 0 Å². The molecule has 2 atom stereocenters. The second kappa shape index (κ2) is 20.7. The minimum atomic E-state index is -0.470. The molecular formula is C32H50O6. The van der Waals surface area contributed by atoms with Gasteiger partial charge in [-0.15, -0.1) is 0 Å². The van der Waals surface area contributed by atoms with E-state index in [1.807, 2.05) is 0 Å². The van der Waals surface area contributed by atoms with Gasteiger partial charge < -0.3 is 19.7 Å². The highest BCUT2D eigenvalue weighted by molar-refractivity contribution is 5.93. The van der Waals surface area contributed by atoms with Crippen LogP contribution in [0.4, 0.5) is 0 Å². The van der Waals surface area contributed by atoms with Gasteiger partial charge in [-0.05, 0) is 49.9 Å². The summed E-state index contributed by atoms with van der Waals surface area (Å²) >= 11 is 0. The fourth-order valence-electron chi connectivity index (χ4n) is 4.72. The maximum atomic E-state index is 12.3. The number of rotatable bonds is 0. The predicted octanol–water partition coefficient (Wildman–Crippen LogP) is 7.31. The van der Waals surface area contributed by atoms with E-state index in [2.05, 4.69) is 0 Å². The van der Waals surface area contributed by atoms with E-state index in [4.69, 9.17) is 9.47 Å². The first kappa shape index (κ1) is 32.0. The van der Waals surface area contributed by atoms with Gasteiger partial charge in [0.2, 0.25) is 0 Å². The number of ether oxygens (including phenoxy) is 2. The van der Waals surface area contributed by atoms with Crippen molar-refractivity contribution in [3.63, 3.8) is 0 Å². The van der Waals surface area contributed by atoms with E-state index in [-0.39, 0.29) is 11.9 Å². The summed E-state index contributed by atoms with van der Waals surface area (Å²) in [6, 6.07) is 6.49. The molecule has 6 heteroatoms. The molecule has 0 aromatic heterocycles. The number of aliphatic hydroxyl groups excluding tert-OH is 2. The topological polar surface area (TPSA) is 93.1 Å². The van der Waals surface area contributed by atoms with Crippen molar-refractivity contribution in [2.75, 3.05) is 13.2 Å². The van der Waals surface area contributed by atoms with E-state index < -0.39 is 12.2 Å². The summed E-state index contributed by atoms with van der Waals surface area (Å²) in [5.74, 6) is -0.718. The standard InChI is InChI=1S/C32H50O6/c33-29-17-13-9-5-1-3-7-11-15-25-37-31(35)27-19-21-28(22-20-27)32(36)38-26-16-12-8-4-2-6-10-14-18-30(34)24-23-29/h19-24,29-30,33-34H,1-18,25-26H2/b24-23+. The predicted molar refractivity (Wildman–Crippen MR) is 151 cm³/mol. The molecule has 2 aliphatic heterocycles. The monoisotopic (exact) mass is 530 g/mol. The zero-order chi connectivity index (χ0) is 27.3. The van der Waals surface area contributed by atoms with Crippen molar-refractivity contribution in [2.45, 2.75) is 128 Å². The van der Waals surface area contributed by atoms with Gasteiger partial charge in [0, 0.05) is 0 Å². The smallest absolute Gasteiger partial charge is 0.338 e. The molecule has 0 saturated carbocycles. The third kappa shape index (κ3) is 15.3. The van der Waals surface area contributed by atoms with Crippen molar-refractivity contribution in [1.82, 2.24) is 0 Å². The lowest BCUT2D eigenvalue weighted by Crippen LogP contribution is -2.09. The molecule has 2 bridgehead atoms. The first-order chi connectivity index (χ1) is 18.6. The third-order valence-corrected chi connectivity index (χ3v) is 7.17. The van der Waals surface area contributed by atoms with Gasteiger partial charge in [-0.3, -0.25) is 0 Å². The Labute approximate surface area is 229 Å². The van der Waals surface area contributed by atoms with Gasteiger partial charge >= 0.3 is 11.9 Å². The van der Waals surface area contributed by atoms with E-state index in [1.165, 1.54) is 25.7 Å². The van der Waals surface area contributed by atoms with Crippen molar-refractivity contribution in [2.24, 2.45) is 0 Å². The van der Waals surface area contributed by atoms with Crippen LogP contribution in [0.2, 0.25) is 0 Å². The van der Waals surface area contributed by atoms with Crippen LogP contribution in [0, 0.1) is 0 Å². The van der Waals surface area contributed by atoms with Crippen LogP contribution >= 0.6 is 0 Å². The summed E-state index contributed by atoms with van der Waals surface area (Å²) in [5, 5.41) is 20.3. The molecule has 214 valence electrons. The number of fused-ring (bicyclic) bond motifs is 28. The van der Waals surface area contributed by atoms with Crippen molar-refractivity contribution in [1.29, 1.82) is 0 Å². The molecule has 0 saturated heterocycles. The highest BCUT2D eigenvalue weighted by Gasteiger charge is 2.11. The summed E-state index contributed by atoms with van der Waals surface area (Å²) in [6.07, 6.45) is 21.3. The highest BCUT2D eigenvalue weighted by Crippen LogP contribution is 2.14. The fraction of sp³-hybridized carbons (Fsp3) is 0.688. The van der Waals surface area contributed by atoms with Crippen molar-refractivity contribution >= 4 is 11.9 Å². The van der Waals surface area contributed by atoms with Crippen molar-refractivity contribution in [3.05, 3.63) is 47.5 Å². The Bertz CT molecular complexity index is 723. The maximum Gasteiger partial charge on any atom is 0.338 e. The van der Waals surface area contributed by atoms with Crippen LogP contribution in [-0.4, -0.2) is 47.6 Å². The molecule has 0 aliphatic carbocycles. The molecule has 2 N–H and O–H groups in total. The van der Waals surface area contributed by atoms with Gasteiger partial charge in [-0.2, -0.15) is 0 Å². The Hall–Kier alpha value is -2.18. The molecule has 0 radical (unpaired) electrons. The molecular weight excluding hydrogens is 480 g/mol. The Balaban J connectivity index is 1.73. The summed E-state index contributed by atoms with van der Waals surface area (Å²) in [7, 11) is 0. The van der Waals surface area contributed by atoms with Gasteiger partial charge in [0.1, 0.15) is 0 Å². The Morgan fingerprint density at radius 2 is 0.763 bits per heavy atom. The van der Waals surface area contributed by atoms with E-state index in [0.29, 0.717) is 24.3 Å². The number of carbonyl (C=O) groups excluding carboxylic acids is 2. The zero-order valence-corrected chi connectivity index (χ0v) is 23.3. The molecule has 6 nitrogen and oxygen atoms in total. The number of carbonyl (C=O) groups is 2. The Morgan fingerprint density at radius 3 is 1.11 bits per heavy atom. The molecule has 38 heavy (non-hydrogen) atoms. The first-order valence-corrected chi connectivity index (χ1v) is 15.0. The number of benzene rings is 1. The lowest BCUT2D eigenvalue weighted by molar-refractivity contribution is 0.0483. The van der Waals surface area contributed by atoms with Crippen LogP contribution in [0.5, 0.6) is 0 Å². The molecule has 0 fully saturated rings. The van der Waals surface area contributed by atoms with E-state index in [9.17, 15) is 19.8 Å². The number of hydrogen-bond acceptors (Lipinski definition) is 6. The lowest BCUT2D eigenvalue weighted by atomic mass is 10.0. The van der Waals surface area contributed by atoms with Crippen LogP contribution in [-0.2, 0) is 9.47 Å². The van der Waals surface area contributed by atoms with Crippen molar-refractivity contribution < 1.29 is 29.3 Å². The van der Waals surface area contributed by atoms with Crippen LogP contribution in [0.1, 0.15) is 136 Å². The Kier molecular flexibility index (Phi) is 17.5. The van der Waals surface area contributed by atoms with E-state index >= 15 is 0 Å². The van der Waals surface area contributed by atoms with Crippen LogP contribution in [0.3, 0.4) is 0 Å². The third-order valence-electron chi connectivity index (χ3n) is 7.17. The maximum absolute atomic E-state index is 12.3. The van der Waals surface area contributed by atoms with E-state index in [1.54, 1.807) is 36.4 Å². The molecule has 0 amide bonds. The first-order valence-electron chi connectivity index (χ1n) is 15.0. The van der Waals surface area contributed by atoms with Crippen molar-refractivity contribution in [3.8, 4) is 0 Å². The summed E-state index contributed by atoms with van der Waals surface area (Å²) < 4.78 is 10.8. The molecule has 1 aromatic carbocycles. The molecule has 3 rings (SSSR count). The normalized spacial score (nSPS) is 24.8. The molecule has 2 heterocycles. The molecule has 0 spiro atoms. The van der Waals surface area contributed by atoms with E-state index in [0.717, 1.165) is 89.9 Å². The van der Waals surface area contributed by atoms with Crippen LogP contribution < -0.4 is 0 Å². The largest absolute Gasteiger partial charge is 0.462 e. The van der Waals surface area contributed by atoms with Gasteiger partial charge in [0.05, 0.1) is 36.5 Å². The number of aliphatic hydroxyl groups is 2. The minimum absolute atomic E-state index is 0.359. The lowest BCUT2D eigenvalue weighted by Gasteiger charge is -2.09. The summed E-state index contributed by atoms with van der Waals surface area (Å²) in [6.45, 7) is 0.811. The fourth-order valence-corrected chi connectivity index (χ4v) is 4.72. The average Bonchev–Trinajstić information content (AvgIpc) is 2.92. The summed E-state index contributed by atoms with van der Waals surface area (Å²) in [4.78, 5) is 24.5. The van der Waals surface area contributed by atoms with Gasteiger partial charge in [-0.25, -0.2) is 9.59 Å². The van der Waals surface area contributed by atoms with Gasteiger partial charge in [0.25, 0.3) is 0 Å². The molecule has 2 unspecified atom stereocenters. The molecule has 2 aliphatic rings. The SMILES string of the molecule is O=C1OCCCCCCCCCCC(O)/C=C/C(O)CCCCCCCCCCOC(=O)c2ccc1cc2. The van der Waals surface area contributed by atoms with Gasteiger partial charge in [-0.1, -0.05) is 102 Å². The van der Waals surface area contributed by atoms with Gasteiger partial charge in [0.15, 0.2) is 0 Å². The highest BCUT2D eigenvalue weighted by atomic mass is 16.5. The number of esters is 2. The molecule has 1 aromatic rings. The second-order valence-electron chi connectivity index (χ2n) is 10.6. The second-order valence-corrected chi connectivity index (χ2v) is 10.6. The van der Waals surface area contributed by atoms with Crippen LogP contribution in [0.15, 0.2) is 36.4 Å². The summed E-state index contributed by atoms with van der Waals surface area (Å²) in [5.41, 5.74) is 0.897. The zero-order valence-electron chi connectivity index (χ0n) is 23.3.